The van der Waals surface area contributed by atoms with Crippen molar-refractivity contribution < 1.29 is 16.4 Å². The lowest BCUT2D eigenvalue weighted by molar-refractivity contribution is 0.222. The Labute approximate surface area is 76.0 Å². The van der Waals surface area contributed by atoms with Crippen LogP contribution in [0.2, 0.25) is 0 Å². The Morgan fingerprint density at radius 2 is 1.64 bits per heavy atom. The molecule has 7 heteroatoms. The summed E-state index contributed by atoms with van der Waals surface area (Å²) in [5.41, 5.74) is 0. The van der Waals surface area contributed by atoms with Crippen LogP contribution in [0.15, 0.2) is 12.7 Å². The van der Waals surface area contributed by atoms with Crippen LogP contribution in [-0.4, -0.2) is 3.60 Å². The van der Waals surface area contributed by atoms with Gasteiger partial charge in [-0.15, -0.1) is 6.58 Å². The van der Waals surface area contributed by atoms with E-state index in [0.717, 1.165) is 12.7 Å². The van der Waals surface area contributed by atoms with Crippen LogP contribution in [0, 0.1) is 6.61 Å². The van der Waals surface area contributed by atoms with Crippen molar-refractivity contribution in [2.75, 3.05) is 0 Å². The van der Waals surface area contributed by atoms with Gasteiger partial charge in [-0.3, -0.25) is 0 Å². The van der Waals surface area contributed by atoms with E-state index in [-0.39, 0.29) is 0 Å². The van der Waals surface area contributed by atoms with Gasteiger partial charge in [-0.2, -0.15) is 11.7 Å². The number of hydrogen-bond acceptors (Lipinski definition) is 4. The van der Waals surface area contributed by atoms with Gasteiger partial charge in [0.15, 0.2) is 0 Å². The van der Waals surface area contributed by atoms with Crippen molar-refractivity contribution in [2.45, 2.75) is 3.60 Å². The van der Waals surface area contributed by atoms with Crippen molar-refractivity contribution in [3.05, 3.63) is 19.3 Å². The predicted molar refractivity (Wildman–Crippen MR) is 44.4 cm³/mol. The molecule has 0 amide bonds. The van der Waals surface area contributed by atoms with Gasteiger partial charge in [0, 0.05) is 0 Å². The average molecular weight is 221 g/mol. The SMILES string of the molecule is C=C[CH]OC(SF)(SF)SF. The highest BCUT2D eigenvalue weighted by Gasteiger charge is 2.38. The van der Waals surface area contributed by atoms with Gasteiger partial charge in [0.25, 0.3) is 3.60 Å². The minimum absolute atomic E-state index is 0.568. The van der Waals surface area contributed by atoms with Crippen LogP contribution < -0.4 is 0 Å². The van der Waals surface area contributed by atoms with E-state index in [2.05, 4.69) is 11.3 Å². The Morgan fingerprint density at radius 1 is 1.18 bits per heavy atom. The summed E-state index contributed by atoms with van der Waals surface area (Å²) < 4.78 is 37.7. The summed E-state index contributed by atoms with van der Waals surface area (Å²) in [6.45, 7) is 4.10. The summed E-state index contributed by atoms with van der Waals surface area (Å²) in [6.07, 6.45) is 1.15. The minimum atomic E-state index is -2.20. The first-order chi connectivity index (χ1) is 5.24. The monoisotopic (exact) mass is 221 g/mol. The first-order valence-electron chi connectivity index (χ1n) is 2.26. The van der Waals surface area contributed by atoms with E-state index in [1.165, 1.54) is 0 Å². The second-order valence-corrected chi connectivity index (χ2v) is 4.18. The largest absolute Gasteiger partial charge is 0.330 e. The molecular formula is C4H4F3OS3. The molecule has 0 heterocycles. The number of halogens is 3. The normalized spacial score (nSPS) is 11.5. The van der Waals surface area contributed by atoms with Gasteiger partial charge >= 0.3 is 0 Å². The van der Waals surface area contributed by atoms with Crippen LogP contribution in [-0.2, 0) is 4.74 Å². The van der Waals surface area contributed by atoms with E-state index in [9.17, 15) is 11.7 Å². The van der Waals surface area contributed by atoms with Gasteiger partial charge in [-0.1, -0.05) is 6.08 Å². The molecule has 0 aliphatic carbocycles. The van der Waals surface area contributed by atoms with Gasteiger partial charge in [0.2, 0.25) is 0 Å². The highest BCUT2D eigenvalue weighted by molar-refractivity contribution is 8.29. The fourth-order valence-electron chi connectivity index (χ4n) is 0.222. The van der Waals surface area contributed by atoms with E-state index < -0.39 is 40.0 Å². The number of ether oxygens (including phenoxy) is 1. The first-order valence-corrected chi connectivity index (χ1v) is 4.41. The molecule has 0 aromatic heterocycles. The van der Waals surface area contributed by atoms with E-state index in [1.807, 2.05) is 0 Å². The molecule has 65 valence electrons. The zero-order chi connectivity index (χ0) is 8.74. The molecule has 11 heavy (non-hydrogen) atoms. The summed E-state index contributed by atoms with van der Waals surface area (Å²) in [5, 5.41) is 0. The second kappa shape index (κ2) is 6.10. The van der Waals surface area contributed by atoms with Gasteiger partial charge in [0.05, 0.1) is 0 Å². The van der Waals surface area contributed by atoms with E-state index >= 15 is 0 Å². The molecule has 0 N–H and O–H groups in total. The van der Waals surface area contributed by atoms with Crippen LogP contribution in [0.25, 0.3) is 0 Å². The van der Waals surface area contributed by atoms with Crippen molar-refractivity contribution in [3.63, 3.8) is 0 Å². The summed E-state index contributed by atoms with van der Waals surface area (Å²) in [5.74, 6) is 0. The third-order valence-electron chi connectivity index (χ3n) is 0.592. The van der Waals surface area contributed by atoms with Gasteiger partial charge in [0.1, 0.15) is 43.1 Å². The Balaban J connectivity index is 3.93. The van der Waals surface area contributed by atoms with Crippen molar-refractivity contribution in [2.24, 2.45) is 0 Å². The standard InChI is InChI=1S/C4H4F3OS3/c1-2-3-8-4(9-5,10-6)11-7/h2-3H,1H2. The Kier molecular flexibility index (Phi) is 6.40. The molecule has 0 rings (SSSR count). The third kappa shape index (κ3) is 3.64. The number of hydrogen-bond donors (Lipinski definition) is 0. The third-order valence-corrected chi connectivity index (χ3v) is 2.58. The lowest BCUT2D eigenvalue weighted by atomic mass is 10.7. The minimum Gasteiger partial charge on any atom is -0.330 e. The van der Waals surface area contributed by atoms with E-state index in [0.29, 0.717) is 0 Å². The van der Waals surface area contributed by atoms with Gasteiger partial charge < -0.3 is 4.74 Å². The molecule has 0 aliphatic rings. The molecular weight excluding hydrogens is 217 g/mol. The predicted octanol–water partition coefficient (Wildman–Crippen LogP) is 3.82. The molecule has 0 aromatic carbocycles. The molecule has 1 radical (unpaired) electrons. The van der Waals surface area contributed by atoms with Crippen LogP contribution in [0.3, 0.4) is 0 Å². The summed E-state index contributed by atoms with van der Waals surface area (Å²) >= 11 is -1.70. The van der Waals surface area contributed by atoms with Crippen LogP contribution in [0.1, 0.15) is 0 Å². The van der Waals surface area contributed by atoms with Crippen molar-refractivity contribution >= 4 is 36.4 Å². The molecule has 0 saturated carbocycles. The van der Waals surface area contributed by atoms with Crippen LogP contribution in [0.5, 0.6) is 0 Å². The summed E-state index contributed by atoms with van der Waals surface area (Å²) in [4.78, 5) is 0. The van der Waals surface area contributed by atoms with Gasteiger partial charge in [-0.25, -0.2) is 0 Å². The maximum absolute atomic E-state index is 11.9. The molecule has 1 nitrogen and oxygen atoms in total. The molecule has 0 saturated heterocycles. The molecule has 0 aromatic rings. The molecule has 0 aliphatic heterocycles. The zero-order valence-corrected chi connectivity index (χ0v) is 7.58. The maximum atomic E-state index is 11.9. The molecule has 0 unspecified atom stereocenters. The quantitative estimate of drug-likeness (QED) is 0.630. The van der Waals surface area contributed by atoms with Crippen LogP contribution >= 0.6 is 36.4 Å². The Morgan fingerprint density at radius 3 is 1.91 bits per heavy atom. The summed E-state index contributed by atoms with van der Waals surface area (Å²) in [6, 6.07) is 0. The summed E-state index contributed by atoms with van der Waals surface area (Å²) in [7, 11) is 0. The molecule has 0 atom stereocenters. The fourth-order valence-corrected chi connectivity index (χ4v) is 0.783. The van der Waals surface area contributed by atoms with Crippen molar-refractivity contribution in [1.82, 2.24) is 0 Å². The van der Waals surface area contributed by atoms with Gasteiger partial charge in [-0.05, 0) is 0 Å². The molecule has 0 spiro atoms. The fraction of sp³-hybridized carbons (Fsp3) is 0.250. The van der Waals surface area contributed by atoms with Crippen LogP contribution in [0.4, 0.5) is 11.7 Å². The highest BCUT2D eigenvalue weighted by atomic mass is 32.3. The average Bonchev–Trinajstić information content (AvgIpc) is 2.08. The zero-order valence-electron chi connectivity index (χ0n) is 5.13. The molecule has 0 bridgehead atoms. The number of rotatable bonds is 6. The Hall–Kier alpha value is 0.540. The van der Waals surface area contributed by atoms with Crippen molar-refractivity contribution in [1.29, 1.82) is 0 Å². The van der Waals surface area contributed by atoms with E-state index in [1.54, 1.807) is 0 Å². The molecule has 0 fully saturated rings. The second-order valence-electron chi connectivity index (χ2n) is 1.22. The Bertz CT molecular complexity index is 111. The topological polar surface area (TPSA) is 9.23 Å². The van der Waals surface area contributed by atoms with Crippen molar-refractivity contribution in [3.8, 4) is 0 Å². The lowest BCUT2D eigenvalue weighted by Crippen LogP contribution is -2.13. The first kappa shape index (κ1) is 11.5. The van der Waals surface area contributed by atoms with E-state index in [4.69, 9.17) is 0 Å². The highest BCUT2D eigenvalue weighted by Crippen LogP contribution is 2.50. The lowest BCUT2D eigenvalue weighted by Gasteiger charge is -2.17. The smallest absolute Gasteiger partial charge is 0.299 e. The maximum Gasteiger partial charge on any atom is 0.299 e.